The van der Waals surface area contributed by atoms with E-state index in [1.54, 1.807) is 22.6 Å². The molecule has 1 amide bonds. The van der Waals surface area contributed by atoms with Crippen LogP contribution in [0.3, 0.4) is 0 Å². The van der Waals surface area contributed by atoms with Crippen molar-refractivity contribution in [1.29, 1.82) is 0 Å². The van der Waals surface area contributed by atoms with Crippen molar-refractivity contribution in [2.24, 2.45) is 0 Å². The molecule has 1 aliphatic heterocycles. The van der Waals surface area contributed by atoms with Gasteiger partial charge >= 0.3 is 0 Å². The highest BCUT2D eigenvalue weighted by Crippen LogP contribution is 2.26. The number of hydrogen-bond donors (Lipinski definition) is 1. The highest BCUT2D eigenvalue weighted by molar-refractivity contribution is 7.89. The van der Waals surface area contributed by atoms with Gasteiger partial charge in [0.25, 0.3) is 0 Å². The van der Waals surface area contributed by atoms with Crippen LogP contribution in [0.15, 0.2) is 29.3 Å². The first-order valence-corrected chi connectivity index (χ1v) is 12.9. The summed E-state index contributed by atoms with van der Waals surface area (Å²) in [6.07, 6.45) is 5.20. The quantitative estimate of drug-likeness (QED) is 0.553. The molecule has 31 heavy (non-hydrogen) atoms. The summed E-state index contributed by atoms with van der Waals surface area (Å²) in [7, 11) is -3.49. The maximum absolute atomic E-state index is 12.9. The number of carbonyl (C=O) groups excluding carboxylic acids is 1. The van der Waals surface area contributed by atoms with E-state index in [1.165, 1.54) is 11.3 Å². The number of benzene rings is 1. The van der Waals surface area contributed by atoms with Gasteiger partial charge in [-0.05, 0) is 44.4 Å². The first kappa shape index (κ1) is 21.9. The highest BCUT2D eigenvalue weighted by atomic mass is 32.2. The van der Waals surface area contributed by atoms with Crippen molar-refractivity contribution in [3.8, 4) is 0 Å². The molecular formula is C21H27N5O3S2. The molecule has 0 aliphatic carbocycles. The fraction of sp³-hybridized carbons (Fsp3) is 0.476. The molecule has 0 saturated carbocycles. The number of carbonyl (C=O) groups is 1. The van der Waals surface area contributed by atoms with E-state index in [0.29, 0.717) is 30.2 Å². The Morgan fingerprint density at radius 2 is 2.03 bits per heavy atom. The minimum atomic E-state index is -3.49. The molecule has 0 spiro atoms. The van der Waals surface area contributed by atoms with Gasteiger partial charge < -0.3 is 9.88 Å². The van der Waals surface area contributed by atoms with Gasteiger partial charge in [0.2, 0.25) is 15.9 Å². The summed E-state index contributed by atoms with van der Waals surface area (Å²) >= 11 is 1.44. The molecule has 0 atom stereocenters. The summed E-state index contributed by atoms with van der Waals surface area (Å²) in [5.74, 6) is 0.680. The number of aromatic nitrogens is 3. The molecule has 0 unspecified atom stereocenters. The smallest absolute Gasteiger partial charge is 0.243 e. The molecule has 4 rings (SSSR count). The van der Waals surface area contributed by atoms with E-state index in [0.717, 1.165) is 42.0 Å². The number of anilines is 1. The van der Waals surface area contributed by atoms with Crippen LogP contribution in [-0.4, -0.2) is 46.3 Å². The molecule has 1 fully saturated rings. The number of amides is 1. The van der Waals surface area contributed by atoms with Gasteiger partial charge in [-0.3, -0.25) is 4.79 Å². The number of imidazole rings is 1. The number of rotatable bonds is 8. The summed E-state index contributed by atoms with van der Waals surface area (Å²) < 4.78 is 29.5. The molecule has 1 N–H and O–H groups in total. The van der Waals surface area contributed by atoms with Crippen molar-refractivity contribution in [3.05, 3.63) is 35.1 Å². The van der Waals surface area contributed by atoms with Crippen molar-refractivity contribution in [2.45, 2.75) is 57.4 Å². The van der Waals surface area contributed by atoms with Gasteiger partial charge in [0.05, 0.1) is 15.9 Å². The lowest BCUT2D eigenvalue weighted by molar-refractivity contribution is -0.116. The zero-order valence-electron chi connectivity index (χ0n) is 17.8. The Morgan fingerprint density at radius 1 is 1.26 bits per heavy atom. The van der Waals surface area contributed by atoms with Crippen LogP contribution in [0.25, 0.3) is 11.0 Å². The van der Waals surface area contributed by atoms with E-state index in [1.807, 2.05) is 13.0 Å². The molecule has 10 heteroatoms. The number of hydrogen-bond acceptors (Lipinski definition) is 6. The molecule has 3 heterocycles. The molecular weight excluding hydrogens is 434 g/mol. The Labute approximate surface area is 186 Å². The number of sulfonamides is 1. The first-order chi connectivity index (χ1) is 14.9. The third-order valence-electron chi connectivity index (χ3n) is 5.39. The van der Waals surface area contributed by atoms with Gasteiger partial charge in [-0.1, -0.05) is 6.92 Å². The van der Waals surface area contributed by atoms with Crippen LogP contribution in [0.4, 0.5) is 5.13 Å². The van der Waals surface area contributed by atoms with Gasteiger partial charge in [-0.25, -0.2) is 18.4 Å². The van der Waals surface area contributed by atoms with Crippen LogP contribution >= 0.6 is 11.3 Å². The Balaban J connectivity index is 1.56. The van der Waals surface area contributed by atoms with Crippen molar-refractivity contribution in [2.75, 3.05) is 18.4 Å². The van der Waals surface area contributed by atoms with E-state index in [-0.39, 0.29) is 17.2 Å². The lowest BCUT2D eigenvalue weighted by atomic mass is 10.2. The predicted octanol–water partition coefficient (Wildman–Crippen LogP) is 3.57. The van der Waals surface area contributed by atoms with Crippen molar-refractivity contribution >= 4 is 43.4 Å². The number of nitrogens with zero attached hydrogens (tertiary/aromatic N) is 4. The van der Waals surface area contributed by atoms with Gasteiger partial charge in [-0.15, -0.1) is 11.3 Å². The maximum atomic E-state index is 12.9. The first-order valence-electron chi connectivity index (χ1n) is 10.6. The third kappa shape index (κ3) is 4.65. The molecule has 1 aromatic carbocycles. The van der Waals surface area contributed by atoms with E-state index in [9.17, 15) is 13.2 Å². The molecule has 0 radical (unpaired) electrons. The number of nitrogens with one attached hydrogen (secondary N) is 1. The SMILES string of the molecule is CCCn1c(CCC(=O)Nc2ncc(C)s2)nc2cc(S(=O)(=O)N3CCCC3)ccc21. The normalized spacial score (nSPS) is 15.0. The molecule has 1 saturated heterocycles. The van der Waals surface area contributed by atoms with Crippen LogP contribution in [0.1, 0.15) is 43.3 Å². The van der Waals surface area contributed by atoms with Gasteiger partial charge in [0, 0.05) is 43.5 Å². The average Bonchev–Trinajstić information content (AvgIpc) is 3.47. The average molecular weight is 462 g/mol. The van der Waals surface area contributed by atoms with Crippen LogP contribution < -0.4 is 5.32 Å². The van der Waals surface area contributed by atoms with Gasteiger partial charge in [0.1, 0.15) is 5.82 Å². The van der Waals surface area contributed by atoms with E-state index in [2.05, 4.69) is 21.8 Å². The van der Waals surface area contributed by atoms with Crippen molar-refractivity contribution < 1.29 is 13.2 Å². The number of fused-ring (bicyclic) bond motifs is 1. The summed E-state index contributed by atoms with van der Waals surface area (Å²) in [4.78, 5) is 22.5. The van der Waals surface area contributed by atoms with E-state index < -0.39 is 10.0 Å². The van der Waals surface area contributed by atoms with Crippen LogP contribution in [0.5, 0.6) is 0 Å². The zero-order chi connectivity index (χ0) is 22.0. The second-order valence-corrected chi connectivity index (χ2v) is 10.9. The molecule has 166 valence electrons. The van der Waals surface area contributed by atoms with Gasteiger partial charge in [0.15, 0.2) is 5.13 Å². The lowest BCUT2D eigenvalue weighted by Crippen LogP contribution is -2.27. The monoisotopic (exact) mass is 461 g/mol. The van der Waals surface area contributed by atoms with E-state index >= 15 is 0 Å². The Bertz CT molecular complexity index is 1190. The summed E-state index contributed by atoms with van der Waals surface area (Å²) in [5, 5.41) is 3.42. The standard InChI is InChI=1S/C21H27N5O3S2/c1-3-10-26-18-7-6-16(31(28,29)25-11-4-5-12-25)13-17(18)23-19(26)8-9-20(27)24-21-22-14-15(2)30-21/h6-7,13-14H,3-5,8-12H2,1-2H3,(H,22,24,27). The van der Waals surface area contributed by atoms with Crippen molar-refractivity contribution in [1.82, 2.24) is 18.8 Å². The largest absolute Gasteiger partial charge is 0.328 e. The number of thiazole rings is 1. The second kappa shape index (κ2) is 9.05. The highest BCUT2D eigenvalue weighted by Gasteiger charge is 2.27. The fourth-order valence-corrected chi connectivity index (χ4v) is 6.10. The molecule has 1 aliphatic rings. The Kier molecular flexibility index (Phi) is 6.40. The summed E-state index contributed by atoms with van der Waals surface area (Å²) in [6.45, 7) is 5.93. The molecule has 8 nitrogen and oxygen atoms in total. The molecule has 3 aromatic rings. The fourth-order valence-electron chi connectivity index (χ4n) is 3.88. The van der Waals surface area contributed by atoms with Crippen LogP contribution in [0.2, 0.25) is 0 Å². The maximum Gasteiger partial charge on any atom is 0.243 e. The Hall–Kier alpha value is -2.30. The lowest BCUT2D eigenvalue weighted by Gasteiger charge is -2.15. The third-order valence-corrected chi connectivity index (χ3v) is 8.11. The van der Waals surface area contributed by atoms with Crippen molar-refractivity contribution in [3.63, 3.8) is 0 Å². The Morgan fingerprint density at radius 3 is 2.71 bits per heavy atom. The predicted molar refractivity (Wildman–Crippen MR) is 122 cm³/mol. The van der Waals surface area contributed by atoms with Crippen LogP contribution in [0, 0.1) is 6.92 Å². The topological polar surface area (TPSA) is 97.2 Å². The van der Waals surface area contributed by atoms with E-state index in [4.69, 9.17) is 4.98 Å². The van der Waals surface area contributed by atoms with Gasteiger partial charge in [-0.2, -0.15) is 4.31 Å². The number of aryl methyl sites for hydroxylation is 3. The summed E-state index contributed by atoms with van der Waals surface area (Å²) in [6, 6.07) is 5.17. The summed E-state index contributed by atoms with van der Waals surface area (Å²) in [5.41, 5.74) is 1.55. The zero-order valence-corrected chi connectivity index (χ0v) is 19.4. The minimum absolute atomic E-state index is 0.109. The molecule has 0 bridgehead atoms. The minimum Gasteiger partial charge on any atom is -0.328 e. The second-order valence-electron chi connectivity index (χ2n) is 7.77. The van der Waals surface area contributed by atoms with Crippen LogP contribution in [-0.2, 0) is 27.8 Å². The molecule has 2 aromatic heterocycles.